The number of aliphatic hydroxyl groups is 1. The van der Waals surface area contributed by atoms with E-state index in [9.17, 15) is 0 Å². The highest BCUT2D eigenvalue weighted by atomic mass is 32.1. The molecule has 0 bridgehead atoms. The Hall–Kier alpha value is 0.407. The second-order valence-electron chi connectivity index (χ2n) is 4.17. The molecule has 4 nitrogen and oxygen atoms in total. The van der Waals surface area contributed by atoms with Crippen LogP contribution in [-0.2, 0) is 13.3 Å². The van der Waals surface area contributed by atoms with Crippen LogP contribution in [0.3, 0.4) is 0 Å². The number of aliphatic hydroxyl groups excluding tert-OH is 1. The van der Waals surface area contributed by atoms with E-state index in [4.69, 9.17) is 18.4 Å². The topological polar surface area (TPSA) is 47.9 Å². The summed E-state index contributed by atoms with van der Waals surface area (Å²) in [7, 11) is -2.52. The van der Waals surface area contributed by atoms with Gasteiger partial charge in [0.2, 0.25) is 0 Å². The summed E-state index contributed by atoms with van der Waals surface area (Å²) in [5.41, 5.74) is 0. The van der Waals surface area contributed by atoms with E-state index in [2.05, 4.69) is 19.6 Å². The van der Waals surface area contributed by atoms with Gasteiger partial charge in [-0.25, -0.2) is 0 Å². The average Bonchev–Trinajstić information content (AvgIpc) is 2.28. The first kappa shape index (κ1) is 13.5. The van der Waals surface area contributed by atoms with Gasteiger partial charge in [0.15, 0.2) is 0 Å². The van der Waals surface area contributed by atoms with Crippen molar-refractivity contribution in [2.24, 2.45) is 11.8 Å². The number of rotatable bonds is 5. The van der Waals surface area contributed by atoms with Gasteiger partial charge in [-0.2, -0.15) is 12.6 Å². The predicted molar refractivity (Wildman–Crippen MR) is 62.9 cm³/mol. The van der Waals surface area contributed by atoms with Crippen LogP contribution in [0.5, 0.6) is 0 Å². The number of hydrogen-bond acceptors (Lipinski definition) is 5. The largest absolute Gasteiger partial charge is 0.511 e. The molecule has 0 spiro atoms. The van der Waals surface area contributed by atoms with E-state index in [1.807, 2.05) is 6.92 Å². The fourth-order valence-corrected chi connectivity index (χ4v) is 4.13. The molecule has 1 heterocycles. The SMILES string of the molecule is CC(CO)CO[Si]1(CS)OCC(C)CO1. The molecule has 6 heteroatoms. The lowest BCUT2D eigenvalue weighted by atomic mass is 10.2. The lowest BCUT2D eigenvalue weighted by Gasteiger charge is -2.35. The Morgan fingerprint density at radius 3 is 2.60 bits per heavy atom. The Morgan fingerprint density at radius 1 is 1.53 bits per heavy atom. The first-order valence-corrected chi connectivity index (χ1v) is 7.82. The van der Waals surface area contributed by atoms with Gasteiger partial charge >= 0.3 is 8.80 Å². The fourth-order valence-electron chi connectivity index (χ4n) is 1.17. The Labute approximate surface area is 97.7 Å². The Morgan fingerprint density at radius 2 is 2.13 bits per heavy atom. The molecule has 1 rings (SSSR count). The van der Waals surface area contributed by atoms with E-state index in [1.165, 1.54) is 0 Å². The first-order chi connectivity index (χ1) is 7.12. The summed E-state index contributed by atoms with van der Waals surface area (Å²) in [6.07, 6.45) is 0. The van der Waals surface area contributed by atoms with Crippen LogP contribution < -0.4 is 0 Å². The summed E-state index contributed by atoms with van der Waals surface area (Å²) in [6, 6.07) is 0. The summed E-state index contributed by atoms with van der Waals surface area (Å²) in [4.78, 5) is 0. The van der Waals surface area contributed by atoms with Gasteiger partial charge in [-0.3, -0.25) is 0 Å². The van der Waals surface area contributed by atoms with Gasteiger partial charge in [0.1, 0.15) is 0 Å². The maximum absolute atomic E-state index is 8.90. The summed E-state index contributed by atoms with van der Waals surface area (Å²) < 4.78 is 17.0. The molecule has 0 saturated carbocycles. The van der Waals surface area contributed by atoms with Gasteiger partial charge in [-0.1, -0.05) is 13.8 Å². The molecular formula is C9H20O4SSi. The van der Waals surface area contributed by atoms with Gasteiger partial charge < -0.3 is 18.4 Å². The molecular weight excluding hydrogens is 232 g/mol. The van der Waals surface area contributed by atoms with Crippen LogP contribution in [0.4, 0.5) is 0 Å². The standard InChI is InChI=1S/C9H20O4SSi/c1-8(3-10)4-11-15(7-14)12-5-9(2)6-13-15/h8-10,14H,3-7H2,1-2H3. The molecule has 1 N–H and O–H groups in total. The van der Waals surface area contributed by atoms with Gasteiger partial charge in [0, 0.05) is 38.3 Å². The summed E-state index contributed by atoms with van der Waals surface area (Å²) in [5, 5.41) is 9.40. The van der Waals surface area contributed by atoms with Gasteiger partial charge in [-0.15, -0.1) is 0 Å². The zero-order chi connectivity index (χ0) is 11.3. The van der Waals surface area contributed by atoms with Crippen LogP contribution >= 0.6 is 12.6 Å². The maximum Gasteiger partial charge on any atom is 0.511 e. The molecule has 1 aliphatic heterocycles. The monoisotopic (exact) mass is 252 g/mol. The molecule has 0 amide bonds. The normalized spacial score (nSPS) is 34.0. The van der Waals surface area contributed by atoms with Crippen molar-refractivity contribution in [1.82, 2.24) is 0 Å². The highest BCUT2D eigenvalue weighted by molar-refractivity contribution is 7.82. The molecule has 0 aromatic rings. The lowest BCUT2D eigenvalue weighted by Crippen LogP contribution is -2.54. The molecule has 1 saturated heterocycles. The van der Waals surface area contributed by atoms with Crippen molar-refractivity contribution in [3.05, 3.63) is 0 Å². The third-order valence-corrected chi connectivity index (χ3v) is 5.64. The summed E-state index contributed by atoms with van der Waals surface area (Å²) in [6.45, 7) is 5.95. The number of thiol groups is 1. The quantitative estimate of drug-likeness (QED) is 0.559. The van der Waals surface area contributed by atoms with E-state index >= 15 is 0 Å². The molecule has 1 atom stereocenters. The van der Waals surface area contributed by atoms with Crippen LogP contribution in [0.25, 0.3) is 0 Å². The minimum atomic E-state index is -2.52. The van der Waals surface area contributed by atoms with E-state index in [-0.39, 0.29) is 12.5 Å². The molecule has 0 aromatic heterocycles. The molecule has 15 heavy (non-hydrogen) atoms. The van der Waals surface area contributed by atoms with E-state index < -0.39 is 8.80 Å². The predicted octanol–water partition coefficient (Wildman–Crippen LogP) is 0.722. The van der Waals surface area contributed by atoms with Gasteiger partial charge in [0.25, 0.3) is 0 Å². The number of hydrogen-bond donors (Lipinski definition) is 2. The average molecular weight is 252 g/mol. The molecule has 90 valence electrons. The zero-order valence-corrected chi connectivity index (χ0v) is 11.2. The van der Waals surface area contributed by atoms with Crippen LogP contribution in [0.2, 0.25) is 0 Å². The maximum atomic E-state index is 8.90. The summed E-state index contributed by atoms with van der Waals surface area (Å²) in [5.74, 6) is 0.533. The minimum Gasteiger partial charge on any atom is -0.396 e. The smallest absolute Gasteiger partial charge is 0.396 e. The Kier molecular flexibility index (Phi) is 5.58. The highest BCUT2D eigenvalue weighted by Gasteiger charge is 2.43. The second-order valence-corrected chi connectivity index (χ2v) is 7.66. The Balaban J connectivity index is 2.39. The van der Waals surface area contributed by atoms with E-state index in [1.54, 1.807) is 0 Å². The fraction of sp³-hybridized carbons (Fsp3) is 1.00. The third kappa shape index (κ3) is 4.05. The molecule has 0 aromatic carbocycles. The van der Waals surface area contributed by atoms with Crippen molar-refractivity contribution in [2.45, 2.75) is 13.8 Å². The van der Waals surface area contributed by atoms with Crippen molar-refractivity contribution in [1.29, 1.82) is 0 Å². The molecule has 1 fully saturated rings. The molecule has 1 aliphatic rings. The van der Waals surface area contributed by atoms with Crippen molar-refractivity contribution in [3.8, 4) is 0 Å². The minimum absolute atomic E-state index is 0.112. The van der Waals surface area contributed by atoms with Crippen molar-refractivity contribution in [2.75, 3.05) is 31.8 Å². The molecule has 0 radical (unpaired) electrons. The van der Waals surface area contributed by atoms with Crippen LogP contribution in [0.1, 0.15) is 13.8 Å². The van der Waals surface area contributed by atoms with Crippen molar-refractivity contribution >= 4 is 21.4 Å². The molecule has 0 aliphatic carbocycles. The molecule has 1 unspecified atom stereocenters. The van der Waals surface area contributed by atoms with Crippen LogP contribution in [0.15, 0.2) is 0 Å². The zero-order valence-electron chi connectivity index (χ0n) is 9.31. The van der Waals surface area contributed by atoms with Crippen molar-refractivity contribution in [3.63, 3.8) is 0 Å². The lowest BCUT2D eigenvalue weighted by molar-refractivity contribution is -0.00873. The van der Waals surface area contributed by atoms with Gasteiger partial charge in [0.05, 0.1) is 5.38 Å². The first-order valence-electron chi connectivity index (χ1n) is 5.25. The third-order valence-electron chi connectivity index (χ3n) is 2.27. The second kappa shape index (κ2) is 6.22. The van der Waals surface area contributed by atoms with Crippen molar-refractivity contribution < 1.29 is 18.4 Å². The Bertz CT molecular complexity index is 185. The summed E-state index contributed by atoms with van der Waals surface area (Å²) >= 11 is 4.23. The van der Waals surface area contributed by atoms with Gasteiger partial charge in [-0.05, 0) is 0 Å². The van der Waals surface area contributed by atoms with E-state index in [0.29, 0.717) is 31.1 Å². The highest BCUT2D eigenvalue weighted by Crippen LogP contribution is 2.20. The van der Waals surface area contributed by atoms with Crippen LogP contribution in [-0.4, -0.2) is 45.7 Å². The van der Waals surface area contributed by atoms with E-state index in [0.717, 1.165) is 0 Å². The van der Waals surface area contributed by atoms with Crippen LogP contribution in [0, 0.1) is 11.8 Å².